The van der Waals surface area contributed by atoms with Gasteiger partial charge in [0.25, 0.3) is 0 Å². The second-order valence-electron chi connectivity index (χ2n) is 4.96. The standard InChI is InChI=1S/C12H25N3O/c1-10(2)11(13)12(16)14-6-9-15-7-4-3-5-8-15/h10-11H,3-9,13H2,1-2H3,(H,14,16)/t11-/m1/s1. The lowest BCUT2D eigenvalue weighted by molar-refractivity contribution is -0.123. The zero-order valence-electron chi connectivity index (χ0n) is 10.5. The number of hydrogen-bond donors (Lipinski definition) is 2. The summed E-state index contributed by atoms with van der Waals surface area (Å²) in [7, 11) is 0. The van der Waals surface area contributed by atoms with Crippen LogP contribution in [0.1, 0.15) is 33.1 Å². The van der Waals surface area contributed by atoms with Crippen LogP contribution in [-0.2, 0) is 4.79 Å². The molecule has 16 heavy (non-hydrogen) atoms. The molecule has 0 aromatic rings. The topological polar surface area (TPSA) is 58.4 Å². The van der Waals surface area contributed by atoms with Crippen molar-refractivity contribution in [3.05, 3.63) is 0 Å². The zero-order chi connectivity index (χ0) is 12.0. The smallest absolute Gasteiger partial charge is 0.237 e. The third-order valence-corrected chi connectivity index (χ3v) is 3.20. The van der Waals surface area contributed by atoms with Crippen LogP contribution in [0.25, 0.3) is 0 Å². The number of nitrogens with zero attached hydrogens (tertiary/aromatic N) is 1. The van der Waals surface area contributed by atoms with Crippen molar-refractivity contribution in [1.82, 2.24) is 10.2 Å². The van der Waals surface area contributed by atoms with Gasteiger partial charge in [-0.05, 0) is 31.8 Å². The summed E-state index contributed by atoms with van der Waals surface area (Å²) in [6.07, 6.45) is 3.93. The van der Waals surface area contributed by atoms with E-state index < -0.39 is 0 Å². The van der Waals surface area contributed by atoms with Gasteiger partial charge in [-0.25, -0.2) is 0 Å². The summed E-state index contributed by atoms with van der Waals surface area (Å²) in [5.74, 6) is 0.182. The molecule has 1 amide bonds. The van der Waals surface area contributed by atoms with Crippen LogP contribution >= 0.6 is 0 Å². The Balaban J connectivity index is 2.12. The summed E-state index contributed by atoms with van der Waals surface area (Å²) < 4.78 is 0. The van der Waals surface area contributed by atoms with Crippen molar-refractivity contribution in [1.29, 1.82) is 0 Å². The zero-order valence-corrected chi connectivity index (χ0v) is 10.5. The second-order valence-corrected chi connectivity index (χ2v) is 4.96. The van der Waals surface area contributed by atoms with Gasteiger partial charge in [0.15, 0.2) is 0 Å². The maximum Gasteiger partial charge on any atom is 0.237 e. The van der Waals surface area contributed by atoms with Crippen molar-refractivity contribution in [2.24, 2.45) is 11.7 Å². The molecule has 1 aliphatic rings. The first-order valence-corrected chi connectivity index (χ1v) is 6.37. The Hall–Kier alpha value is -0.610. The Morgan fingerprint density at radius 2 is 1.94 bits per heavy atom. The molecule has 0 aliphatic carbocycles. The van der Waals surface area contributed by atoms with Crippen molar-refractivity contribution in [2.75, 3.05) is 26.2 Å². The molecule has 0 aromatic carbocycles. The molecule has 4 heteroatoms. The Bertz CT molecular complexity index is 212. The molecule has 1 heterocycles. The second kappa shape index (κ2) is 6.86. The van der Waals surface area contributed by atoms with Gasteiger partial charge in [0.2, 0.25) is 5.91 Å². The molecular weight excluding hydrogens is 202 g/mol. The molecule has 0 unspecified atom stereocenters. The van der Waals surface area contributed by atoms with Crippen LogP contribution in [0.2, 0.25) is 0 Å². The third kappa shape index (κ3) is 4.49. The van der Waals surface area contributed by atoms with E-state index in [0.29, 0.717) is 0 Å². The Morgan fingerprint density at radius 3 is 2.50 bits per heavy atom. The normalized spacial score (nSPS) is 19.8. The molecular formula is C12H25N3O. The molecule has 1 atom stereocenters. The van der Waals surface area contributed by atoms with Crippen LogP contribution in [0, 0.1) is 5.92 Å². The van der Waals surface area contributed by atoms with Crippen LogP contribution < -0.4 is 11.1 Å². The number of likely N-dealkylation sites (tertiary alicyclic amines) is 1. The molecule has 3 N–H and O–H groups in total. The highest BCUT2D eigenvalue weighted by molar-refractivity contribution is 5.81. The predicted molar refractivity (Wildman–Crippen MR) is 66.1 cm³/mol. The van der Waals surface area contributed by atoms with E-state index in [2.05, 4.69) is 10.2 Å². The maximum absolute atomic E-state index is 11.6. The first-order chi connectivity index (χ1) is 7.61. The monoisotopic (exact) mass is 227 g/mol. The van der Waals surface area contributed by atoms with Gasteiger partial charge in [0.05, 0.1) is 6.04 Å². The molecule has 1 fully saturated rings. The lowest BCUT2D eigenvalue weighted by Crippen LogP contribution is -2.46. The number of piperidine rings is 1. The highest BCUT2D eigenvalue weighted by Crippen LogP contribution is 2.07. The summed E-state index contributed by atoms with van der Waals surface area (Å²) >= 11 is 0. The Labute approximate surface area is 98.6 Å². The number of hydrogen-bond acceptors (Lipinski definition) is 3. The number of carbonyl (C=O) groups is 1. The number of nitrogens with two attached hydrogens (primary N) is 1. The first kappa shape index (κ1) is 13.5. The minimum atomic E-state index is -0.374. The summed E-state index contributed by atoms with van der Waals surface area (Å²) in [6, 6.07) is -0.374. The lowest BCUT2D eigenvalue weighted by Gasteiger charge is -2.26. The Morgan fingerprint density at radius 1 is 1.31 bits per heavy atom. The highest BCUT2D eigenvalue weighted by Gasteiger charge is 2.17. The molecule has 0 spiro atoms. The molecule has 0 bridgehead atoms. The van der Waals surface area contributed by atoms with Crippen molar-refractivity contribution >= 4 is 5.91 Å². The van der Waals surface area contributed by atoms with Crippen molar-refractivity contribution in [3.8, 4) is 0 Å². The molecule has 0 aromatic heterocycles. The van der Waals surface area contributed by atoms with E-state index in [1.165, 1.54) is 32.4 Å². The molecule has 1 saturated heterocycles. The van der Waals surface area contributed by atoms with E-state index in [-0.39, 0.29) is 17.9 Å². The van der Waals surface area contributed by atoms with E-state index >= 15 is 0 Å². The fourth-order valence-electron chi connectivity index (χ4n) is 1.94. The van der Waals surface area contributed by atoms with E-state index in [4.69, 9.17) is 5.73 Å². The number of carbonyl (C=O) groups excluding carboxylic acids is 1. The van der Waals surface area contributed by atoms with Crippen LogP contribution in [0.4, 0.5) is 0 Å². The summed E-state index contributed by atoms with van der Waals surface area (Å²) in [5.41, 5.74) is 5.75. The third-order valence-electron chi connectivity index (χ3n) is 3.20. The van der Waals surface area contributed by atoms with Crippen LogP contribution in [0.15, 0.2) is 0 Å². The van der Waals surface area contributed by atoms with Crippen molar-refractivity contribution in [3.63, 3.8) is 0 Å². The summed E-state index contributed by atoms with van der Waals surface area (Å²) in [4.78, 5) is 14.0. The van der Waals surface area contributed by atoms with Gasteiger partial charge in [-0.2, -0.15) is 0 Å². The van der Waals surface area contributed by atoms with Crippen LogP contribution in [0.5, 0.6) is 0 Å². The minimum absolute atomic E-state index is 0.0213. The van der Waals surface area contributed by atoms with Gasteiger partial charge in [-0.1, -0.05) is 20.3 Å². The van der Waals surface area contributed by atoms with Crippen molar-refractivity contribution in [2.45, 2.75) is 39.2 Å². The van der Waals surface area contributed by atoms with Gasteiger partial charge in [-0.15, -0.1) is 0 Å². The number of nitrogens with one attached hydrogen (secondary N) is 1. The molecule has 1 aliphatic heterocycles. The van der Waals surface area contributed by atoms with Crippen LogP contribution in [-0.4, -0.2) is 43.0 Å². The van der Waals surface area contributed by atoms with Gasteiger partial charge in [0, 0.05) is 13.1 Å². The SMILES string of the molecule is CC(C)[C@@H](N)C(=O)NCCN1CCCCC1. The van der Waals surface area contributed by atoms with Crippen LogP contribution in [0.3, 0.4) is 0 Å². The van der Waals surface area contributed by atoms with E-state index in [9.17, 15) is 4.79 Å². The lowest BCUT2D eigenvalue weighted by atomic mass is 10.1. The van der Waals surface area contributed by atoms with E-state index in [1.807, 2.05) is 13.8 Å². The van der Waals surface area contributed by atoms with E-state index in [1.54, 1.807) is 0 Å². The molecule has 94 valence electrons. The molecule has 0 radical (unpaired) electrons. The van der Waals surface area contributed by atoms with Crippen molar-refractivity contribution < 1.29 is 4.79 Å². The fourth-order valence-corrected chi connectivity index (χ4v) is 1.94. The predicted octanol–water partition coefficient (Wildman–Crippen LogP) is 0.572. The molecule has 4 nitrogen and oxygen atoms in total. The molecule has 0 saturated carbocycles. The average molecular weight is 227 g/mol. The quantitative estimate of drug-likeness (QED) is 0.722. The molecule has 1 rings (SSSR count). The maximum atomic E-state index is 11.6. The number of amides is 1. The van der Waals surface area contributed by atoms with Gasteiger partial charge in [0.1, 0.15) is 0 Å². The average Bonchev–Trinajstić information content (AvgIpc) is 2.29. The minimum Gasteiger partial charge on any atom is -0.353 e. The summed E-state index contributed by atoms with van der Waals surface area (Å²) in [5, 5.41) is 2.91. The first-order valence-electron chi connectivity index (χ1n) is 6.37. The highest BCUT2D eigenvalue weighted by atomic mass is 16.2. The van der Waals surface area contributed by atoms with E-state index in [0.717, 1.165) is 13.1 Å². The van der Waals surface area contributed by atoms with Gasteiger partial charge in [-0.3, -0.25) is 4.79 Å². The Kier molecular flexibility index (Phi) is 5.77. The number of rotatable bonds is 5. The summed E-state index contributed by atoms with van der Waals surface area (Å²) in [6.45, 7) is 7.96. The van der Waals surface area contributed by atoms with Gasteiger partial charge < -0.3 is 16.0 Å². The van der Waals surface area contributed by atoms with Gasteiger partial charge >= 0.3 is 0 Å². The largest absolute Gasteiger partial charge is 0.353 e. The fraction of sp³-hybridized carbons (Fsp3) is 0.917.